The van der Waals surface area contributed by atoms with Crippen LogP contribution in [0, 0.1) is 0 Å². The van der Waals surface area contributed by atoms with Gasteiger partial charge in [0.2, 0.25) is 15.6 Å². The maximum Gasteiger partial charge on any atom is 0.210 e. The minimum absolute atomic E-state index is 0.00343. The summed E-state index contributed by atoms with van der Waals surface area (Å²) < 4.78 is 32.3. The molecule has 35 heavy (non-hydrogen) atoms. The Hall–Kier alpha value is -3.91. The summed E-state index contributed by atoms with van der Waals surface area (Å²) >= 11 is 0. The van der Waals surface area contributed by atoms with Crippen LogP contribution in [-0.2, 0) is 9.84 Å². The standard InChI is InChI=1S/C27H26N2O5S/c1-4-29(5-2)18-14-15-21(24(16-18)34-3)28-22-17-25(35(32,33)19-10-7-6-8-11-19)27(31)20-12-9-13-23(30)26(20)22/h6-17,30H,4-5H2,1-3H3. The van der Waals surface area contributed by atoms with Crippen LogP contribution >= 0.6 is 0 Å². The zero-order valence-electron chi connectivity index (χ0n) is 19.7. The molecule has 8 heteroatoms. The molecule has 1 N–H and O–H groups in total. The number of fused-ring (bicyclic) bond motifs is 1. The summed E-state index contributed by atoms with van der Waals surface area (Å²) in [6, 6.07) is 17.7. The normalized spacial score (nSPS) is 14.4. The molecule has 1 aliphatic carbocycles. The van der Waals surface area contributed by atoms with Gasteiger partial charge in [0.1, 0.15) is 22.1 Å². The molecule has 0 aliphatic heterocycles. The molecule has 0 fully saturated rings. The fourth-order valence-electron chi connectivity index (χ4n) is 4.08. The minimum atomic E-state index is -4.12. The van der Waals surface area contributed by atoms with Gasteiger partial charge in [-0.25, -0.2) is 13.4 Å². The van der Waals surface area contributed by atoms with Gasteiger partial charge < -0.3 is 14.7 Å². The summed E-state index contributed by atoms with van der Waals surface area (Å²) in [6.45, 7) is 5.76. The maximum atomic E-state index is 13.4. The number of hydrogen-bond acceptors (Lipinski definition) is 7. The number of allylic oxidation sites excluding steroid dienone is 2. The van der Waals surface area contributed by atoms with E-state index in [9.17, 15) is 18.3 Å². The molecule has 0 bridgehead atoms. The lowest BCUT2D eigenvalue weighted by molar-refractivity contribution is 0.104. The second-order valence-corrected chi connectivity index (χ2v) is 9.80. The Kier molecular flexibility index (Phi) is 6.75. The van der Waals surface area contributed by atoms with Crippen molar-refractivity contribution in [1.29, 1.82) is 0 Å². The van der Waals surface area contributed by atoms with Crippen LogP contribution in [0.3, 0.4) is 0 Å². The number of nitrogens with zero attached hydrogens (tertiary/aromatic N) is 2. The third-order valence-corrected chi connectivity index (χ3v) is 7.69. The lowest BCUT2D eigenvalue weighted by atomic mass is 9.93. The van der Waals surface area contributed by atoms with Crippen molar-refractivity contribution in [3.63, 3.8) is 0 Å². The van der Waals surface area contributed by atoms with Gasteiger partial charge in [-0.2, -0.15) is 0 Å². The molecular weight excluding hydrogens is 464 g/mol. The molecule has 1 aliphatic rings. The number of benzene rings is 3. The first-order chi connectivity index (χ1) is 16.8. The number of anilines is 1. The van der Waals surface area contributed by atoms with E-state index in [-0.39, 0.29) is 27.5 Å². The van der Waals surface area contributed by atoms with Crippen LogP contribution in [0.4, 0.5) is 11.4 Å². The average molecular weight is 491 g/mol. The van der Waals surface area contributed by atoms with Crippen molar-refractivity contribution in [1.82, 2.24) is 0 Å². The smallest absolute Gasteiger partial charge is 0.210 e. The monoisotopic (exact) mass is 490 g/mol. The lowest BCUT2D eigenvalue weighted by Gasteiger charge is -2.22. The first-order valence-corrected chi connectivity index (χ1v) is 12.7. The maximum absolute atomic E-state index is 13.4. The van der Waals surface area contributed by atoms with E-state index in [0.29, 0.717) is 11.4 Å². The number of hydrogen-bond donors (Lipinski definition) is 1. The molecule has 0 saturated carbocycles. The molecule has 0 aromatic heterocycles. The number of carbonyl (C=O) groups excluding carboxylic acids is 1. The first kappa shape index (κ1) is 24.2. The Labute approximate surface area is 204 Å². The van der Waals surface area contributed by atoms with Gasteiger partial charge in [-0.3, -0.25) is 4.79 Å². The van der Waals surface area contributed by atoms with Crippen LogP contribution < -0.4 is 9.64 Å². The van der Waals surface area contributed by atoms with Gasteiger partial charge in [0, 0.05) is 30.4 Å². The topological polar surface area (TPSA) is 96.3 Å². The highest BCUT2D eigenvalue weighted by Crippen LogP contribution is 2.37. The van der Waals surface area contributed by atoms with Gasteiger partial charge >= 0.3 is 0 Å². The summed E-state index contributed by atoms with van der Waals surface area (Å²) in [5.41, 5.74) is 1.80. The minimum Gasteiger partial charge on any atom is -0.507 e. The highest BCUT2D eigenvalue weighted by molar-refractivity contribution is 7.96. The largest absolute Gasteiger partial charge is 0.507 e. The van der Waals surface area contributed by atoms with Crippen molar-refractivity contribution in [2.24, 2.45) is 4.99 Å². The third kappa shape index (κ3) is 4.44. The Morgan fingerprint density at radius 1 is 0.971 bits per heavy atom. The number of phenols is 1. The molecule has 3 aromatic rings. The summed E-state index contributed by atoms with van der Waals surface area (Å²) in [5, 5.41) is 10.6. The van der Waals surface area contributed by atoms with E-state index in [2.05, 4.69) is 23.7 Å². The lowest BCUT2D eigenvalue weighted by Crippen LogP contribution is -2.23. The molecule has 0 amide bonds. The van der Waals surface area contributed by atoms with E-state index >= 15 is 0 Å². The first-order valence-electron chi connectivity index (χ1n) is 11.2. The zero-order chi connectivity index (χ0) is 25.2. The van der Waals surface area contributed by atoms with Crippen molar-refractivity contribution in [2.75, 3.05) is 25.1 Å². The number of sulfone groups is 1. The molecule has 0 radical (unpaired) electrons. The average Bonchev–Trinajstić information content (AvgIpc) is 2.87. The Morgan fingerprint density at radius 3 is 2.34 bits per heavy atom. The highest BCUT2D eigenvalue weighted by atomic mass is 32.2. The van der Waals surface area contributed by atoms with E-state index in [1.807, 2.05) is 12.1 Å². The van der Waals surface area contributed by atoms with Crippen LogP contribution in [0.15, 0.2) is 87.6 Å². The van der Waals surface area contributed by atoms with Gasteiger partial charge in [0.15, 0.2) is 0 Å². The molecule has 0 saturated heterocycles. The van der Waals surface area contributed by atoms with E-state index in [1.165, 1.54) is 43.5 Å². The third-order valence-electron chi connectivity index (χ3n) is 5.91. The van der Waals surface area contributed by atoms with Crippen LogP contribution in [-0.4, -0.2) is 45.2 Å². The molecule has 0 atom stereocenters. The van der Waals surface area contributed by atoms with E-state index < -0.39 is 20.5 Å². The van der Waals surface area contributed by atoms with Gasteiger partial charge in [-0.05, 0) is 50.3 Å². The molecule has 7 nitrogen and oxygen atoms in total. The summed E-state index contributed by atoms with van der Waals surface area (Å²) in [5.74, 6) is -0.375. The van der Waals surface area contributed by atoms with Crippen molar-refractivity contribution < 1.29 is 23.1 Å². The number of methoxy groups -OCH3 is 1. The fraction of sp³-hybridized carbons (Fsp3) is 0.185. The van der Waals surface area contributed by atoms with Crippen molar-refractivity contribution in [3.05, 3.63) is 88.8 Å². The Morgan fingerprint density at radius 2 is 1.69 bits per heavy atom. The molecule has 4 rings (SSSR count). The molecule has 0 spiro atoms. The summed E-state index contributed by atoms with van der Waals surface area (Å²) in [7, 11) is -2.59. The second kappa shape index (κ2) is 9.76. The van der Waals surface area contributed by atoms with Gasteiger partial charge in [-0.15, -0.1) is 0 Å². The highest BCUT2D eigenvalue weighted by Gasteiger charge is 2.35. The van der Waals surface area contributed by atoms with E-state index in [4.69, 9.17) is 4.74 Å². The number of rotatable bonds is 7. The number of phenolic OH excluding ortho intramolecular Hbond substituents is 1. The van der Waals surface area contributed by atoms with E-state index in [0.717, 1.165) is 18.8 Å². The zero-order valence-corrected chi connectivity index (χ0v) is 20.5. The number of aromatic hydroxyl groups is 1. The summed E-state index contributed by atoms with van der Waals surface area (Å²) in [6.07, 6.45) is 1.23. The number of ether oxygens (including phenoxy) is 1. The van der Waals surface area contributed by atoms with Crippen LogP contribution in [0.1, 0.15) is 29.8 Å². The number of aliphatic imine (C=N–C) groups is 1. The predicted molar refractivity (Wildman–Crippen MR) is 137 cm³/mol. The molecule has 0 heterocycles. The van der Waals surface area contributed by atoms with Crippen molar-refractivity contribution >= 4 is 32.7 Å². The van der Waals surface area contributed by atoms with Gasteiger partial charge in [0.25, 0.3) is 0 Å². The van der Waals surface area contributed by atoms with E-state index in [1.54, 1.807) is 24.3 Å². The molecule has 180 valence electrons. The number of Topliss-reactive ketones (excluding diaryl/α,β-unsaturated/α-hetero) is 1. The number of carbonyl (C=O) groups is 1. The van der Waals surface area contributed by atoms with Gasteiger partial charge in [0.05, 0.1) is 23.3 Å². The Balaban J connectivity index is 1.92. The van der Waals surface area contributed by atoms with Crippen LogP contribution in [0.5, 0.6) is 11.5 Å². The number of ketones is 1. The van der Waals surface area contributed by atoms with Gasteiger partial charge in [-0.1, -0.05) is 30.3 Å². The molecule has 0 unspecified atom stereocenters. The predicted octanol–water partition coefficient (Wildman–Crippen LogP) is 4.92. The second-order valence-electron chi connectivity index (χ2n) is 7.88. The van der Waals surface area contributed by atoms with Crippen molar-refractivity contribution in [3.8, 4) is 11.5 Å². The summed E-state index contributed by atoms with van der Waals surface area (Å²) in [4.78, 5) is 19.7. The SMILES string of the molecule is CCN(CC)c1ccc(N=C2C=C(S(=O)(=O)c3ccccc3)C(=O)c3cccc(O)c32)c(OC)c1. The fourth-order valence-corrected chi connectivity index (χ4v) is 5.47. The Bertz CT molecular complexity index is 1440. The quantitative estimate of drug-likeness (QED) is 0.505. The van der Waals surface area contributed by atoms with Crippen molar-refractivity contribution in [2.45, 2.75) is 18.7 Å². The molecule has 3 aromatic carbocycles. The van der Waals surface area contributed by atoms with Crippen LogP contribution in [0.25, 0.3) is 0 Å². The molecular formula is C27H26N2O5S. The van der Waals surface area contributed by atoms with Crippen LogP contribution in [0.2, 0.25) is 0 Å².